The number of aromatic nitrogens is 3. The Balaban J connectivity index is 1.92. The summed E-state index contributed by atoms with van der Waals surface area (Å²) in [5.41, 5.74) is 1.33. The van der Waals surface area contributed by atoms with Crippen molar-refractivity contribution in [3.8, 4) is 0 Å². The van der Waals surface area contributed by atoms with Gasteiger partial charge in [-0.1, -0.05) is 22.9 Å². The maximum absolute atomic E-state index is 14.6. The molecule has 27 heavy (non-hydrogen) atoms. The topological polar surface area (TPSA) is 70.8 Å². The van der Waals surface area contributed by atoms with Crippen molar-refractivity contribution in [3.05, 3.63) is 46.9 Å². The van der Waals surface area contributed by atoms with E-state index in [0.29, 0.717) is 22.2 Å². The van der Waals surface area contributed by atoms with Gasteiger partial charge in [0.2, 0.25) is 10.0 Å². The monoisotopic (exact) mass is 453 g/mol. The Hall–Kier alpha value is -2.20. The summed E-state index contributed by atoms with van der Waals surface area (Å²) >= 11 is 3.25. The van der Waals surface area contributed by atoms with Crippen LogP contribution in [0.4, 0.5) is 21.6 Å². The number of hydrogen-bond acceptors (Lipinski definition) is 5. The molecule has 0 saturated heterocycles. The molecule has 1 aromatic carbocycles. The molecule has 0 saturated carbocycles. The van der Waals surface area contributed by atoms with Crippen LogP contribution < -0.4 is 9.21 Å². The summed E-state index contributed by atoms with van der Waals surface area (Å²) in [7, 11) is -3.65. The van der Waals surface area contributed by atoms with Crippen LogP contribution in [0.25, 0.3) is 5.65 Å². The van der Waals surface area contributed by atoms with Gasteiger partial charge in [0.15, 0.2) is 11.5 Å². The van der Waals surface area contributed by atoms with Crippen molar-refractivity contribution in [1.82, 2.24) is 14.6 Å². The fraction of sp³-hybridized carbons (Fsp3) is 0.294. The van der Waals surface area contributed by atoms with Gasteiger partial charge < -0.3 is 4.90 Å². The second kappa shape index (κ2) is 6.45. The van der Waals surface area contributed by atoms with Crippen molar-refractivity contribution in [2.75, 3.05) is 15.9 Å². The van der Waals surface area contributed by atoms with Crippen LogP contribution in [0.1, 0.15) is 20.3 Å². The van der Waals surface area contributed by atoms with Gasteiger partial charge in [0.1, 0.15) is 12.5 Å². The quantitative estimate of drug-likeness (QED) is 0.602. The summed E-state index contributed by atoms with van der Waals surface area (Å²) in [5.74, 6) is -0.190. The molecule has 3 heterocycles. The summed E-state index contributed by atoms with van der Waals surface area (Å²) < 4.78 is 44.1. The van der Waals surface area contributed by atoms with Crippen molar-refractivity contribution in [1.29, 1.82) is 0 Å². The van der Waals surface area contributed by atoms with Gasteiger partial charge in [0.05, 0.1) is 16.6 Å². The first-order valence-electron chi connectivity index (χ1n) is 8.41. The lowest BCUT2D eigenvalue weighted by Crippen LogP contribution is -2.39. The molecular weight excluding hydrogens is 437 g/mol. The van der Waals surface area contributed by atoms with Crippen LogP contribution in [-0.2, 0) is 10.0 Å². The van der Waals surface area contributed by atoms with Crippen molar-refractivity contribution in [2.24, 2.45) is 0 Å². The van der Waals surface area contributed by atoms with Crippen LogP contribution in [0.3, 0.4) is 0 Å². The maximum atomic E-state index is 14.6. The van der Waals surface area contributed by atoms with Crippen molar-refractivity contribution < 1.29 is 12.8 Å². The SMILES string of the molecule is CCC(C)S(=O)(=O)N1CN(c2ccc(Br)cc2F)c2cc3nccn3nc21. The summed E-state index contributed by atoms with van der Waals surface area (Å²) in [6.45, 7) is 3.44. The van der Waals surface area contributed by atoms with Crippen LogP contribution in [0, 0.1) is 5.82 Å². The van der Waals surface area contributed by atoms with Gasteiger partial charge in [-0.05, 0) is 31.5 Å². The zero-order chi connectivity index (χ0) is 19.3. The van der Waals surface area contributed by atoms with Crippen LogP contribution in [0.15, 0.2) is 41.1 Å². The Labute approximate surface area is 164 Å². The van der Waals surface area contributed by atoms with Crippen molar-refractivity contribution in [2.45, 2.75) is 25.5 Å². The smallest absolute Gasteiger partial charge is 0.240 e. The second-order valence-electron chi connectivity index (χ2n) is 6.36. The number of imidazole rings is 1. The molecule has 3 aromatic rings. The number of fused-ring (bicyclic) bond motifs is 2. The van der Waals surface area contributed by atoms with E-state index in [1.807, 2.05) is 6.92 Å². The van der Waals surface area contributed by atoms with Crippen LogP contribution >= 0.6 is 15.9 Å². The number of nitrogens with zero attached hydrogens (tertiary/aromatic N) is 5. The molecule has 0 spiro atoms. The van der Waals surface area contributed by atoms with E-state index in [-0.39, 0.29) is 18.2 Å². The molecule has 0 fully saturated rings. The van der Waals surface area contributed by atoms with Crippen LogP contribution in [-0.4, -0.2) is 34.9 Å². The first-order chi connectivity index (χ1) is 12.8. The van der Waals surface area contributed by atoms with Crippen molar-refractivity contribution >= 4 is 48.8 Å². The van der Waals surface area contributed by atoms with Gasteiger partial charge in [0.25, 0.3) is 0 Å². The zero-order valence-corrected chi connectivity index (χ0v) is 17.1. The largest absolute Gasteiger partial charge is 0.316 e. The third kappa shape index (κ3) is 2.87. The van der Waals surface area contributed by atoms with Gasteiger partial charge in [-0.25, -0.2) is 26.6 Å². The molecule has 142 valence electrons. The molecule has 2 aromatic heterocycles. The number of benzene rings is 1. The number of rotatable bonds is 4. The average molecular weight is 454 g/mol. The molecular formula is C17H17BrFN5O2S. The third-order valence-electron chi connectivity index (χ3n) is 4.73. The first kappa shape index (κ1) is 18.2. The predicted molar refractivity (Wildman–Crippen MR) is 105 cm³/mol. The maximum Gasteiger partial charge on any atom is 0.240 e. The lowest BCUT2D eigenvalue weighted by atomic mass is 10.2. The van der Waals surface area contributed by atoms with E-state index in [4.69, 9.17) is 0 Å². The second-order valence-corrected chi connectivity index (χ2v) is 9.55. The Morgan fingerprint density at radius 1 is 1.30 bits per heavy atom. The lowest BCUT2D eigenvalue weighted by molar-refractivity contribution is 0.575. The fourth-order valence-corrected chi connectivity index (χ4v) is 4.86. The number of sulfonamides is 1. The highest BCUT2D eigenvalue weighted by Gasteiger charge is 2.39. The molecule has 1 unspecified atom stereocenters. The van der Waals surface area contributed by atoms with E-state index in [2.05, 4.69) is 26.0 Å². The standard InChI is InChI=1S/C17H17BrFN5O2S/c1-3-11(2)27(25,26)24-10-22(14-5-4-12(18)8-13(14)19)15-9-16-20-6-7-23(16)21-17(15)24/h4-9,11H,3,10H2,1-2H3. The van der Waals surface area contributed by atoms with E-state index in [1.165, 1.54) is 14.9 Å². The Morgan fingerprint density at radius 3 is 2.78 bits per heavy atom. The highest BCUT2D eigenvalue weighted by Crippen LogP contribution is 2.42. The van der Waals surface area contributed by atoms with E-state index in [0.717, 1.165) is 0 Å². The van der Waals surface area contributed by atoms with Gasteiger partial charge in [0, 0.05) is 22.9 Å². The van der Waals surface area contributed by atoms with E-state index >= 15 is 0 Å². The normalized spacial score (nSPS) is 15.4. The van der Waals surface area contributed by atoms with Crippen LogP contribution in [0.2, 0.25) is 0 Å². The lowest BCUT2D eigenvalue weighted by Gasteiger charge is -2.23. The number of halogens is 2. The minimum absolute atomic E-state index is 0.0409. The summed E-state index contributed by atoms with van der Waals surface area (Å²) in [6, 6.07) is 6.39. The first-order valence-corrected chi connectivity index (χ1v) is 10.7. The molecule has 1 aliphatic heterocycles. The Kier molecular flexibility index (Phi) is 4.34. The summed E-state index contributed by atoms with van der Waals surface area (Å²) in [5, 5.41) is 3.85. The Bertz CT molecular complexity index is 1130. The molecule has 0 bridgehead atoms. The van der Waals surface area contributed by atoms with Gasteiger partial charge in [-0.3, -0.25) is 0 Å². The molecule has 10 heteroatoms. The summed E-state index contributed by atoms with van der Waals surface area (Å²) in [6.07, 6.45) is 3.69. The molecule has 0 radical (unpaired) electrons. The minimum Gasteiger partial charge on any atom is -0.316 e. The molecule has 0 amide bonds. The van der Waals surface area contributed by atoms with Gasteiger partial charge in [-0.15, -0.1) is 5.10 Å². The molecule has 1 atom stereocenters. The highest BCUT2D eigenvalue weighted by molar-refractivity contribution is 9.10. The molecule has 7 nitrogen and oxygen atoms in total. The minimum atomic E-state index is -3.65. The molecule has 0 aliphatic carbocycles. The average Bonchev–Trinajstić information content (AvgIpc) is 3.23. The van der Waals surface area contributed by atoms with Gasteiger partial charge in [-0.2, -0.15) is 0 Å². The van der Waals surface area contributed by atoms with E-state index in [1.54, 1.807) is 42.4 Å². The summed E-state index contributed by atoms with van der Waals surface area (Å²) in [4.78, 5) is 5.81. The molecule has 0 N–H and O–H groups in total. The van der Waals surface area contributed by atoms with E-state index < -0.39 is 21.1 Å². The van der Waals surface area contributed by atoms with E-state index in [9.17, 15) is 12.8 Å². The number of hydrogen-bond donors (Lipinski definition) is 0. The Morgan fingerprint density at radius 2 is 2.07 bits per heavy atom. The van der Waals surface area contributed by atoms with Crippen LogP contribution in [0.5, 0.6) is 0 Å². The zero-order valence-electron chi connectivity index (χ0n) is 14.7. The number of anilines is 3. The third-order valence-corrected chi connectivity index (χ3v) is 7.48. The predicted octanol–water partition coefficient (Wildman–Crippen LogP) is 3.67. The molecule has 4 rings (SSSR count). The van der Waals surface area contributed by atoms with Gasteiger partial charge >= 0.3 is 0 Å². The van der Waals surface area contributed by atoms with Crippen molar-refractivity contribution in [3.63, 3.8) is 0 Å². The highest BCUT2D eigenvalue weighted by atomic mass is 79.9. The molecule has 1 aliphatic rings. The fourth-order valence-electron chi connectivity index (χ4n) is 3.02.